The molecule has 0 amide bonds. The molecular weight excluding hydrogens is 204 g/mol. The average molecular weight is 230 g/mol. The summed E-state index contributed by atoms with van der Waals surface area (Å²) in [5.41, 5.74) is 0. The Kier molecular flexibility index (Phi) is 5.22. The molecule has 1 rings (SSSR count). The Balaban J connectivity index is 2.69. The summed E-state index contributed by atoms with van der Waals surface area (Å²) in [7, 11) is 0. The second-order valence-electron chi connectivity index (χ2n) is 5.30. The molecule has 1 aliphatic heterocycles. The van der Waals surface area contributed by atoms with Crippen LogP contribution in [0.15, 0.2) is 0 Å². The van der Waals surface area contributed by atoms with Gasteiger partial charge in [-0.15, -0.1) is 0 Å². The lowest BCUT2D eigenvalue weighted by molar-refractivity contribution is -0.208. The summed E-state index contributed by atoms with van der Waals surface area (Å²) >= 11 is 0. The maximum absolute atomic E-state index is 10.2. The first-order chi connectivity index (χ1) is 7.49. The smallest absolute Gasteiger partial charge is 0.170 e. The maximum Gasteiger partial charge on any atom is 0.170 e. The summed E-state index contributed by atoms with van der Waals surface area (Å²) in [6.45, 7) is 9.68. The number of aliphatic hydroxyl groups is 1. The first-order valence-electron chi connectivity index (χ1n) is 6.45. The van der Waals surface area contributed by atoms with E-state index < -0.39 is 5.79 Å². The van der Waals surface area contributed by atoms with E-state index in [0.29, 0.717) is 19.1 Å². The van der Waals surface area contributed by atoms with Crippen LogP contribution in [0.3, 0.4) is 0 Å². The molecule has 0 saturated carbocycles. The number of aliphatic hydroxyl groups excluding tert-OH is 1. The highest BCUT2D eigenvalue weighted by molar-refractivity contribution is 4.84. The number of hydrogen-bond donors (Lipinski definition) is 1. The van der Waals surface area contributed by atoms with Gasteiger partial charge in [0.2, 0.25) is 0 Å². The minimum absolute atomic E-state index is 0.0787. The van der Waals surface area contributed by atoms with Gasteiger partial charge in [0.25, 0.3) is 0 Å². The van der Waals surface area contributed by atoms with Gasteiger partial charge >= 0.3 is 0 Å². The molecule has 0 aromatic heterocycles. The molecule has 0 aromatic carbocycles. The van der Waals surface area contributed by atoms with Crippen molar-refractivity contribution in [2.45, 2.75) is 58.8 Å². The van der Waals surface area contributed by atoms with Crippen LogP contribution in [0.2, 0.25) is 0 Å². The molecule has 96 valence electrons. The molecular formula is C13H26O3. The predicted molar refractivity (Wildman–Crippen MR) is 64.2 cm³/mol. The van der Waals surface area contributed by atoms with Gasteiger partial charge in [-0.3, -0.25) is 0 Å². The van der Waals surface area contributed by atoms with Gasteiger partial charge in [0, 0.05) is 5.92 Å². The van der Waals surface area contributed by atoms with Gasteiger partial charge in [-0.2, -0.15) is 0 Å². The fourth-order valence-corrected chi connectivity index (χ4v) is 2.47. The van der Waals surface area contributed by atoms with Crippen LogP contribution in [0, 0.1) is 11.8 Å². The minimum Gasteiger partial charge on any atom is -0.393 e. The largest absolute Gasteiger partial charge is 0.393 e. The lowest BCUT2D eigenvalue weighted by Crippen LogP contribution is -2.43. The van der Waals surface area contributed by atoms with E-state index in [1.165, 1.54) is 0 Å². The summed E-state index contributed by atoms with van der Waals surface area (Å²) in [6.07, 6.45) is 2.43. The lowest BCUT2D eigenvalue weighted by atomic mass is 9.84. The van der Waals surface area contributed by atoms with Crippen molar-refractivity contribution < 1.29 is 14.6 Å². The zero-order chi connectivity index (χ0) is 12.2. The van der Waals surface area contributed by atoms with Crippen molar-refractivity contribution >= 4 is 0 Å². The van der Waals surface area contributed by atoms with Crippen molar-refractivity contribution in [2.75, 3.05) is 13.2 Å². The maximum atomic E-state index is 10.2. The van der Waals surface area contributed by atoms with Crippen LogP contribution in [-0.4, -0.2) is 30.2 Å². The Morgan fingerprint density at radius 3 is 2.25 bits per heavy atom. The molecule has 2 atom stereocenters. The number of hydrogen-bond acceptors (Lipinski definition) is 3. The summed E-state index contributed by atoms with van der Waals surface area (Å²) in [5, 5.41) is 10.2. The molecule has 0 bridgehead atoms. The molecule has 1 aliphatic rings. The highest BCUT2D eigenvalue weighted by Crippen LogP contribution is 2.35. The average Bonchev–Trinajstić information content (AvgIpc) is 2.62. The van der Waals surface area contributed by atoms with Gasteiger partial charge in [0.05, 0.1) is 19.3 Å². The topological polar surface area (TPSA) is 38.7 Å². The molecule has 3 heteroatoms. The van der Waals surface area contributed by atoms with Crippen molar-refractivity contribution in [2.24, 2.45) is 11.8 Å². The van der Waals surface area contributed by atoms with E-state index in [4.69, 9.17) is 9.47 Å². The van der Waals surface area contributed by atoms with Crippen LogP contribution < -0.4 is 0 Å². The summed E-state index contributed by atoms with van der Waals surface area (Å²) in [5.74, 6) is 0.0369. The Morgan fingerprint density at radius 2 is 1.81 bits per heavy atom. The number of rotatable bonds is 6. The zero-order valence-electron chi connectivity index (χ0n) is 11.0. The summed E-state index contributed by atoms with van der Waals surface area (Å²) in [4.78, 5) is 0. The summed E-state index contributed by atoms with van der Waals surface area (Å²) in [6, 6.07) is 0. The standard InChI is InChI=1S/C13H26O3/c1-5-6-12(14)11(9-10(2)3)13(4)15-7-8-16-13/h10-12,14H,5-9H2,1-4H3. The summed E-state index contributed by atoms with van der Waals surface area (Å²) < 4.78 is 11.4. The molecule has 0 aliphatic carbocycles. The highest BCUT2D eigenvalue weighted by atomic mass is 16.7. The molecule has 2 unspecified atom stereocenters. The van der Waals surface area contributed by atoms with E-state index in [2.05, 4.69) is 20.8 Å². The Morgan fingerprint density at radius 1 is 1.25 bits per heavy atom. The Hall–Kier alpha value is -0.120. The predicted octanol–water partition coefficient (Wildman–Crippen LogP) is 2.57. The van der Waals surface area contributed by atoms with E-state index in [1.807, 2.05) is 6.92 Å². The van der Waals surface area contributed by atoms with E-state index >= 15 is 0 Å². The normalized spacial score (nSPS) is 23.6. The van der Waals surface area contributed by atoms with Crippen molar-refractivity contribution in [3.8, 4) is 0 Å². The monoisotopic (exact) mass is 230 g/mol. The van der Waals surface area contributed by atoms with E-state index in [9.17, 15) is 5.11 Å². The van der Waals surface area contributed by atoms with Crippen LogP contribution in [0.5, 0.6) is 0 Å². The van der Waals surface area contributed by atoms with Crippen molar-refractivity contribution in [1.29, 1.82) is 0 Å². The van der Waals surface area contributed by atoms with Gasteiger partial charge in [-0.25, -0.2) is 0 Å². The van der Waals surface area contributed by atoms with Crippen LogP contribution in [0.4, 0.5) is 0 Å². The Labute approximate surface area is 99.1 Å². The van der Waals surface area contributed by atoms with Crippen molar-refractivity contribution in [3.05, 3.63) is 0 Å². The second kappa shape index (κ2) is 5.99. The quantitative estimate of drug-likeness (QED) is 0.762. The highest BCUT2D eigenvalue weighted by Gasteiger charge is 2.43. The van der Waals surface area contributed by atoms with Crippen molar-refractivity contribution in [1.82, 2.24) is 0 Å². The fourth-order valence-electron chi connectivity index (χ4n) is 2.47. The molecule has 3 nitrogen and oxygen atoms in total. The lowest BCUT2D eigenvalue weighted by Gasteiger charge is -2.36. The van der Waals surface area contributed by atoms with Gasteiger partial charge in [-0.1, -0.05) is 27.2 Å². The molecule has 0 radical (unpaired) electrons. The number of ether oxygens (including phenoxy) is 2. The molecule has 0 aromatic rings. The molecule has 16 heavy (non-hydrogen) atoms. The first kappa shape index (κ1) is 13.9. The zero-order valence-corrected chi connectivity index (χ0v) is 11.0. The second-order valence-corrected chi connectivity index (χ2v) is 5.30. The van der Waals surface area contributed by atoms with Crippen molar-refractivity contribution in [3.63, 3.8) is 0 Å². The van der Waals surface area contributed by atoms with Crippen LogP contribution in [0.25, 0.3) is 0 Å². The third kappa shape index (κ3) is 3.44. The third-order valence-corrected chi connectivity index (χ3v) is 3.31. The molecule has 1 heterocycles. The first-order valence-corrected chi connectivity index (χ1v) is 6.45. The molecule has 1 fully saturated rings. The van der Waals surface area contributed by atoms with Crippen LogP contribution in [-0.2, 0) is 9.47 Å². The van der Waals surface area contributed by atoms with Gasteiger partial charge in [0.15, 0.2) is 5.79 Å². The van der Waals surface area contributed by atoms with Crippen LogP contribution in [0.1, 0.15) is 47.0 Å². The van der Waals surface area contributed by atoms with E-state index in [-0.39, 0.29) is 12.0 Å². The third-order valence-electron chi connectivity index (χ3n) is 3.31. The van der Waals surface area contributed by atoms with Gasteiger partial charge < -0.3 is 14.6 Å². The molecule has 1 N–H and O–H groups in total. The van der Waals surface area contributed by atoms with E-state index in [1.54, 1.807) is 0 Å². The Bertz CT molecular complexity index is 197. The van der Waals surface area contributed by atoms with E-state index in [0.717, 1.165) is 19.3 Å². The minimum atomic E-state index is -0.584. The molecule has 1 saturated heterocycles. The fraction of sp³-hybridized carbons (Fsp3) is 1.00. The van der Waals surface area contributed by atoms with Gasteiger partial charge in [0.1, 0.15) is 0 Å². The van der Waals surface area contributed by atoms with Crippen LogP contribution >= 0.6 is 0 Å². The SMILES string of the molecule is CCCC(O)C(CC(C)C)C1(C)OCCO1. The molecule has 0 spiro atoms. The van der Waals surface area contributed by atoms with Gasteiger partial charge in [-0.05, 0) is 25.7 Å².